The maximum atomic E-state index is 2.46. The Morgan fingerprint density at radius 2 is 1.27 bits per heavy atom. The van der Waals surface area contributed by atoms with Gasteiger partial charge in [0.2, 0.25) is 6.71 Å². The highest BCUT2D eigenvalue weighted by molar-refractivity contribution is 6.98. The Labute approximate surface area is 194 Å². The minimum Gasteiger partial charge on any atom is -0.0686 e. The highest BCUT2D eigenvalue weighted by Crippen LogP contribution is 2.38. The highest BCUT2D eigenvalue weighted by Gasteiger charge is 2.35. The second-order valence-corrected chi connectivity index (χ2v) is 9.50. The normalized spacial score (nSPS) is 13.0. The van der Waals surface area contributed by atoms with Crippen molar-refractivity contribution in [3.63, 3.8) is 0 Å². The molecule has 33 heavy (non-hydrogen) atoms. The summed E-state index contributed by atoms with van der Waals surface area (Å²) in [5.74, 6) is 0. The van der Waals surface area contributed by atoms with E-state index in [-0.39, 0.29) is 6.71 Å². The molecule has 1 heterocycles. The first-order chi connectivity index (χ1) is 16.2. The molecule has 1 aliphatic heterocycles. The van der Waals surface area contributed by atoms with Gasteiger partial charge < -0.3 is 0 Å². The molecule has 0 spiro atoms. The average molecular weight is 418 g/mol. The van der Waals surface area contributed by atoms with Crippen molar-refractivity contribution in [3.05, 3.63) is 120 Å². The third kappa shape index (κ3) is 2.54. The predicted molar refractivity (Wildman–Crippen MR) is 145 cm³/mol. The van der Waals surface area contributed by atoms with Gasteiger partial charge in [-0.1, -0.05) is 119 Å². The van der Waals surface area contributed by atoms with Crippen LogP contribution >= 0.6 is 0 Å². The number of hydrogen-bond acceptors (Lipinski definition) is 0. The molecule has 0 atom stereocenters. The van der Waals surface area contributed by atoms with E-state index in [4.69, 9.17) is 0 Å². The molecule has 0 bridgehead atoms. The lowest BCUT2D eigenvalue weighted by Crippen LogP contribution is -2.57. The van der Waals surface area contributed by atoms with Crippen molar-refractivity contribution in [1.29, 1.82) is 0 Å². The van der Waals surface area contributed by atoms with Gasteiger partial charge in [-0.25, -0.2) is 0 Å². The van der Waals surface area contributed by atoms with Gasteiger partial charge in [0.15, 0.2) is 0 Å². The fourth-order valence-corrected chi connectivity index (χ4v) is 6.16. The van der Waals surface area contributed by atoms with Gasteiger partial charge in [-0.15, -0.1) is 0 Å². The number of allylic oxidation sites excluding steroid dienone is 1. The summed E-state index contributed by atoms with van der Waals surface area (Å²) in [6.45, 7) is 4.72. The summed E-state index contributed by atoms with van der Waals surface area (Å²) in [4.78, 5) is 0. The largest absolute Gasteiger partial charge is 0.243 e. The number of benzene rings is 6. The van der Waals surface area contributed by atoms with Crippen LogP contribution in [0, 0.1) is 0 Å². The second-order valence-electron chi connectivity index (χ2n) is 9.50. The minimum atomic E-state index is 0.213. The molecule has 0 unspecified atom stereocenters. The summed E-state index contributed by atoms with van der Waals surface area (Å²) >= 11 is 0. The molecule has 0 N–H and O–H groups in total. The van der Waals surface area contributed by atoms with Crippen LogP contribution < -0.4 is 16.4 Å². The molecule has 0 amide bonds. The van der Waals surface area contributed by atoms with Crippen molar-refractivity contribution in [2.24, 2.45) is 0 Å². The smallest absolute Gasteiger partial charge is 0.0686 e. The van der Waals surface area contributed by atoms with Gasteiger partial charge in [0.1, 0.15) is 0 Å². The molecule has 0 fully saturated rings. The van der Waals surface area contributed by atoms with Crippen LogP contribution in [0.2, 0.25) is 0 Å². The Balaban J connectivity index is 1.72. The molecule has 0 nitrogen and oxygen atoms in total. The van der Waals surface area contributed by atoms with E-state index in [1.54, 1.807) is 0 Å². The Hall–Kier alpha value is -3.84. The Kier molecular flexibility index (Phi) is 3.87. The topological polar surface area (TPSA) is 0 Å². The van der Waals surface area contributed by atoms with Gasteiger partial charge in [0.05, 0.1) is 0 Å². The third-order valence-electron chi connectivity index (χ3n) is 7.42. The summed E-state index contributed by atoms with van der Waals surface area (Å²) in [7, 11) is 0. The quantitative estimate of drug-likeness (QED) is 0.218. The van der Waals surface area contributed by atoms with Gasteiger partial charge in [0, 0.05) is 0 Å². The zero-order chi connectivity index (χ0) is 22.1. The van der Waals surface area contributed by atoms with Crippen LogP contribution in [-0.4, -0.2) is 6.71 Å². The van der Waals surface area contributed by atoms with Crippen LogP contribution in [-0.2, 0) is 0 Å². The molecule has 6 aromatic rings. The van der Waals surface area contributed by atoms with Gasteiger partial charge >= 0.3 is 0 Å². The second kappa shape index (κ2) is 6.83. The van der Waals surface area contributed by atoms with E-state index in [1.807, 2.05) is 0 Å². The van der Waals surface area contributed by atoms with Crippen LogP contribution in [0.25, 0.3) is 37.9 Å². The van der Waals surface area contributed by atoms with E-state index >= 15 is 0 Å². The van der Waals surface area contributed by atoms with Gasteiger partial charge in [-0.05, 0) is 68.9 Å². The summed E-state index contributed by atoms with van der Waals surface area (Å²) < 4.78 is 0. The molecule has 0 aromatic heterocycles. The van der Waals surface area contributed by atoms with Crippen LogP contribution in [0.15, 0.2) is 109 Å². The average Bonchev–Trinajstić information content (AvgIpc) is 2.85. The SMILES string of the molecule is CC(C)=C1c2ccccc2B(c2ccccc2)c2c1cc1ccc3cccc4ccc2c1c34. The first kappa shape index (κ1) is 18.7. The molecular weight excluding hydrogens is 395 g/mol. The lowest BCUT2D eigenvalue weighted by Gasteiger charge is -2.32. The van der Waals surface area contributed by atoms with Crippen LogP contribution in [0.5, 0.6) is 0 Å². The number of fused-ring (bicyclic) bond motifs is 3. The molecule has 1 aliphatic rings. The van der Waals surface area contributed by atoms with Crippen molar-refractivity contribution >= 4 is 61.0 Å². The van der Waals surface area contributed by atoms with Crippen molar-refractivity contribution in [2.45, 2.75) is 13.8 Å². The number of hydrogen-bond donors (Lipinski definition) is 0. The highest BCUT2D eigenvalue weighted by atomic mass is 14.2. The Morgan fingerprint density at radius 3 is 2.06 bits per heavy atom. The van der Waals surface area contributed by atoms with E-state index in [0.717, 1.165) is 0 Å². The fourth-order valence-electron chi connectivity index (χ4n) is 6.16. The van der Waals surface area contributed by atoms with Crippen molar-refractivity contribution < 1.29 is 0 Å². The zero-order valence-corrected chi connectivity index (χ0v) is 18.9. The van der Waals surface area contributed by atoms with E-state index < -0.39 is 0 Å². The van der Waals surface area contributed by atoms with Crippen molar-refractivity contribution in [3.8, 4) is 0 Å². The van der Waals surface area contributed by atoms with Gasteiger partial charge in [-0.3, -0.25) is 0 Å². The molecule has 154 valence electrons. The van der Waals surface area contributed by atoms with Gasteiger partial charge in [0.25, 0.3) is 0 Å². The van der Waals surface area contributed by atoms with E-state index in [1.165, 1.54) is 71.0 Å². The van der Waals surface area contributed by atoms with Crippen LogP contribution in [0.4, 0.5) is 0 Å². The summed E-state index contributed by atoms with van der Waals surface area (Å²) in [6.07, 6.45) is 0. The fraction of sp³-hybridized carbons (Fsp3) is 0.0625. The van der Waals surface area contributed by atoms with E-state index in [0.29, 0.717) is 0 Å². The van der Waals surface area contributed by atoms with E-state index in [9.17, 15) is 0 Å². The molecule has 0 aliphatic carbocycles. The predicted octanol–water partition coefficient (Wildman–Crippen LogP) is 6.26. The van der Waals surface area contributed by atoms with Crippen LogP contribution in [0.1, 0.15) is 25.0 Å². The standard InChI is InChI=1S/C32H23B/c1-20(2)29-25-13-6-7-14-28(25)33(24-11-4-3-5-12-24)32-26-18-17-22-10-8-9-21-15-16-23(19-27(29)32)31(26)30(21)22/h3-19H,1-2H3. The van der Waals surface area contributed by atoms with Crippen LogP contribution in [0.3, 0.4) is 0 Å². The van der Waals surface area contributed by atoms with E-state index in [2.05, 4.69) is 117 Å². The monoisotopic (exact) mass is 418 g/mol. The molecule has 0 saturated heterocycles. The Morgan fingerprint density at radius 1 is 0.576 bits per heavy atom. The molecular formula is C32H23B. The molecule has 0 radical (unpaired) electrons. The van der Waals surface area contributed by atoms with Gasteiger partial charge in [-0.2, -0.15) is 0 Å². The maximum absolute atomic E-state index is 2.46. The first-order valence-corrected chi connectivity index (χ1v) is 11.7. The third-order valence-corrected chi connectivity index (χ3v) is 7.42. The first-order valence-electron chi connectivity index (χ1n) is 11.7. The lowest BCUT2D eigenvalue weighted by atomic mass is 9.32. The molecule has 7 rings (SSSR count). The number of rotatable bonds is 1. The molecule has 0 saturated carbocycles. The molecule has 1 heteroatoms. The lowest BCUT2D eigenvalue weighted by molar-refractivity contribution is 1.38. The summed E-state index contributed by atoms with van der Waals surface area (Å²) in [5.41, 5.74) is 9.71. The van der Waals surface area contributed by atoms with Crippen molar-refractivity contribution in [2.75, 3.05) is 0 Å². The zero-order valence-electron chi connectivity index (χ0n) is 18.9. The Bertz CT molecular complexity index is 1700. The summed E-state index contributed by atoms with van der Waals surface area (Å²) in [5, 5.41) is 8.14. The minimum absolute atomic E-state index is 0.213. The maximum Gasteiger partial charge on any atom is 0.243 e. The van der Waals surface area contributed by atoms with Crippen molar-refractivity contribution in [1.82, 2.24) is 0 Å². The summed E-state index contributed by atoms with van der Waals surface area (Å²) in [6, 6.07) is 38.4. The molecule has 6 aromatic carbocycles.